The Hall–Kier alpha value is 0.430. The van der Waals surface area contributed by atoms with Crippen LogP contribution in [0.15, 0.2) is 11.6 Å². The lowest BCUT2D eigenvalue weighted by Crippen LogP contribution is -2.41. The van der Waals surface area contributed by atoms with Gasteiger partial charge < -0.3 is 5.11 Å². The van der Waals surface area contributed by atoms with E-state index < -0.39 is 0 Å². The highest BCUT2D eigenvalue weighted by Crippen LogP contribution is 2.67. The Labute approximate surface area is 73.6 Å². The van der Waals surface area contributed by atoms with E-state index in [-0.39, 0.29) is 9.53 Å². The molecule has 54 valence electrons. The van der Waals surface area contributed by atoms with E-state index in [0.717, 1.165) is 18.3 Å². The zero-order chi connectivity index (χ0) is 6.93. The molecule has 0 aromatic rings. The van der Waals surface area contributed by atoms with Crippen LogP contribution in [0.3, 0.4) is 0 Å². The van der Waals surface area contributed by atoms with Gasteiger partial charge in [0.1, 0.15) is 0 Å². The summed E-state index contributed by atoms with van der Waals surface area (Å²) in [5.41, 5.74) is 1.53. The molecule has 0 spiro atoms. The zero-order valence-corrected chi connectivity index (χ0v) is 7.71. The third kappa shape index (κ3) is 0.393. The number of hydrogen-bond donors (Lipinski definition) is 1. The van der Waals surface area contributed by atoms with E-state index in [9.17, 15) is 5.11 Å². The average Bonchev–Trinajstić information content (AvgIpc) is 2.42. The maximum absolute atomic E-state index is 9.63. The fourth-order valence-electron chi connectivity index (χ4n) is 2.82. The first-order chi connectivity index (χ1) is 4.73. The largest absolute Gasteiger partial charge is 0.391 e. The van der Waals surface area contributed by atoms with Gasteiger partial charge in [-0.1, -0.05) is 34.2 Å². The second-order valence-electron chi connectivity index (χ2n) is 3.70. The third-order valence-electron chi connectivity index (χ3n) is 3.36. The second kappa shape index (κ2) is 1.46. The van der Waals surface area contributed by atoms with Crippen LogP contribution in [-0.2, 0) is 0 Å². The predicted molar refractivity (Wildman–Crippen MR) is 47.1 cm³/mol. The Morgan fingerprint density at radius 2 is 2.50 bits per heavy atom. The molecule has 2 saturated carbocycles. The molecule has 2 heteroatoms. The summed E-state index contributed by atoms with van der Waals surface area (Å²) in [4.78, 5) is 0. The summed E-state index contributed by atoms with van der Waals surface area (Å²) < 4.78 is 0.211. The number of rotatable bonds is 0. The molecule has 1 nitrogen and oxygen atoms in total. The van der Waals surface area contributed by atoms with Crippen molar-refractivity contribution in [3.8, 4) is 0 Å². The normalized spacial score (nSPS) is 62.2. The third-order valence-corrected chi connectivity index (χ3v) is 5.49. The van der Waals surface area contributed by atoms with Crippen LogP contribution in [-0.4, -0.2) is 14.6 Å². The predicted octanol–water partition coefficient (Wildman–Crippen LogP) is 1.50. The van der Waals surface area contributed by atoms with Gasteiger partial charge in [0.25, 0.3) is 0 Å². The smallest absolute Gasteiger partial charge is 0.0754 e. The van der Waals surface area contributed by atoms with Crippen LogP contribution < -0.4 is 0 Å². The number of aliphatic hydroxyl groups excluding tert-OH is 1. The maximum Gasteiger partial charge on any atom is 0.0754 e. The summed E-state index contributed by atoms with van der Waals surface area (Å²) in [6.07, 6.45) is 4.67. The average molecular weight is 248 g/mol. The second-order valence-corrected chi connectivity index (χ2v) is 5.49. The van der Waals surface area contributed by atoms with Gasteiger partial charge in [-0.2, -0.15) is 0 Å². The van der Waals surface area contributed by atoms with Gasteiger partial charge in [0.05, 0.1) is 9.53 Å². The monoisotopic (exact) mass is 248 g/mol. The molecule has 2 fully saturated rings. The SMILES string of the molecule is OC1CC2CC3=CC2[C@@]31I. The van der Waals surface area contributed by atoms with Crippen molar-refractivity contribution >= 4 is 22.6 Å². The van der Waals surface area contributed by atoms with Crippen molar-refractivity contribution in [1.29, 1.82) is 0 Å². The van der Waals surface area contributed by atoms with Crippen molar-refractivity contribution in [2.75, 3.05) is 0 Å². The van der Waals surface area contributed by atoms with Crippen molar-refractivity contribution in [3.63, 3.8) is 0 Å². The molecular weight excluding hydrogens is 239 g/mol. The van der Waals surface area contributed by atoms with Crippen LogP contribution in [0.25, 0.3) is 0 Å². The van der Waals surface area contributed by atoms with Gasteiger partial charge in [0.15, 0.2) is 0 Å². The van der Waals surface area contributed by atoms with Gasteiger partial charge in [0, 0.05) is 5.92 Å². The molecule has 1 N–H and O–H groups in total. The summed E-state index contributed by atoms with van der Waals surface area (Å²) in [5.74, 6) is 1.54. The molecule has 0 aromatic heterocycles. The summed E-state index contributed by atoms with van der Waals surface area (Å²) in [6, 6.07) is 0. The molecule has 0 radical (unpaired) electrons. The van der Waals surface area contributed by atoms with Gasteiger partial charge in [-0.15, -0.1) is 0 Å². The number of aliphatic hydroxyl groups is 1. The van der Waals surface area contributed by atoms with Gasteiger partial charge in [-0.25, -0.2) is 0 Å². The molecule has 4 aliphatic carbocycles. The van der Waals surface area contributed by atoms with Gasteiger partial charge in [-0.05, 0) is 18.8 Å². The summed E-state index contributed by atoms with van der Waals surface area (Å²) in [6.45, 7) is 0. The Morgan fingerprint density at radius 3 is 2.90 bits per heavy atom. The van der Waals surface area contributed by atoms with Crippen LogP contribution >= 0.6 is 22.6 Å². The fraction of sp³-hybridized carbons (Fsp3) is 0.750. The quantitative estimate of drug-likeness (QED) is 0.391. The van der Waals surface area contributed by atoms with Crippen molar-refractivity contribution < 1.29 is 5.11 Å². The van der Waals surface area contributed by atoms with Gasteiger partial charge in [-0.3, -0.25) is 0 Å². The first-order valence-electron chi connectivity index (χ1n) is 3.81. The molecule has 0 heterocycles. The minimum Gasteiger partial charge on any atom is -0.391 e. The fourth-order valence-corrected chi connectivity index (χ4v) is 4.16. The van der Waals surface area contributed by atoms with Crippen LogP contribution in [0.5, 0.6) is 0 Å². The van der Waals surface area contributed by atoms with E-state index in [0.29, 0.717) is 0 Å². The van der Waals surface area contributed by atoms with E-state index >= 15 is 0 Å². The Morgan fingerprint density at radius 1 is 1.70 bits per heavy atom. The van der Waals surface area contributed by atoms with E-state index in [1.807, 2.05) is 0 Å². The number of hydrogen-bond acceptors (Lipinski definition) is 1. The van der Waals surface area contributed by atoms with Crippen molar-refractivity contribution in [1.82, 2.24) is 0 Å². The maximum atomic E-state index is 9.63. The highest BCUT2D eigenvalue weighted by molar-refractivity contribution is 14.1. The van der Waals surface area contributed by atoms with E-state index in [1.165, 1.54) is 12.0 Å². The number of alkyl halides is 1. The standard InChI is InChI=1S/C8H9IO/c9-8-5-1-4(2-7(8)10)6(8)3-5/h3-4,6-7,10H,1-2H2/t4?,6?,7?,8-/m0/s1. The minimum atomic E-state index is -0.0307. The van der Waals surface area contributed by atoms with Crippen LogP contribution in [0.1, 0.15) is 12.8 Å². The minimum absolute atomic E-state index is 0.0307. The van der Waals surface area contributed by atoms with Crippen molar-refractivity contribution in [2.24, 2.45) is 11.8 Å². The molecular formula is C8H9IO. The highest BCUT2D eigenvalue weighted by atomic mass is 127. The van der Waals surface area contributed by atoms with Crippen LogP contribution in [0.4, 0.5) is 0 Å². The van der Waals surface area contributed by atoms with Crippen LogP contribution in [0.2, 0.25) is 0 Å². The summed E-state index contributed by atoms with van der Waals surface area (Å²) in [5, 5.41) is 9.63. The molecule has 4 rings (SSSR count). The number of halogens is 1. The molecule has 0 amide bonds. The van der Waals surface area contributed by atoms with Crippen molar-refractivity contribution in [3.05, 3.63) is 11.6 Å². The summed E-state index contributed by atoms with van der Waals surface area (Å²) >= 11 is 2.45. The van der Waals surface area contributed by atoms with E-state index in [1.54, 1.807) is 0 Å². The zero-order valence-electron chi connectivity index (χ0n) is 5.55. The molecule has 0 aliphatic heterocycles. The lowest BCUT2D eigenvalue weighted by molar-refractivity contribution is 0.148. The Bertz CT molecular complexity index is 235. The molecule has 4 atom stereocenters. The Balaban J connectivity index is 2.15. The first-order valence-corrected chi connectivity index (χ1v) is 4.89. The summed E-state index contributed by atoms with van der Waals surface area (Å²) in [7, 11) is 0. The molecule has 0 saturated heterocycles. The van der Waals surface area contributed by atoms with Crippen molar-refractivity contribution in [2.45, 2.75) is 22.4 Å². The first kappa shape index (κ1) is 6.00. The molecule has 4 bridgehead atoms. The lowest BCUT2D eigenvalue weighted by atomic mass is 9.82. The molecule has 10 heavy (non-hydrogen) atoms. The van der Waals surface area contributed by atoms with E-state index in [2.05, 4.69) is 28.7 Å². The topological polar surface area (TPSA) is 20.2 Å². The Kier molecular flexibility index (Phi) is 0.876. The molecule has 0 aromatic carbocycles. The van der Waals surface area contributed by atoms with Crippen LogP contribution in [0, 0.1) is 11.8 Å². The van der Waals surface area contributed by atoms with E-state index in [4.69, 9.17) is 0 Å². The van der Waals surface area contributed by atoms with Gasteiger partial charge >= 0.3 is 0 Å². The van der Waals surface area contributed by atoms with Gasteiger partial charge in [0.2, 0.25) is 0 Å². The molecule has 3 unspecified atom stereocenters. The molecule has 4 aliphatic rings. The number of allylic oxidation sites excluding steroid dienone is 1. The highest BCUT2D eigenvalue weighted by Gasteiger charge is 2.65. The lowest BCUT2D eigenvalue weighted by Gasteiger charge is -2.37.